The topological polar surface area (TPSA) is 26.3 Å². The maximum absolute atomic E-state index is 10.9. The second-order valence-corrected chi connectivity index (χ2v) is 3.55. The van der Waals surface area contributed by atoms with Crippen molar-refractivity contribution in [2.24, 2.45) is 0 Å². The van der Waals surface area contributed by atoms with Crippen LogP contribution in [0.1, 0.15) is 21.5 Å². The fourth-order valence-electron chi connectivity index (χ4n) is 0.842. The van der Waals surface area contributed by atoms with Crippen molar-refractivity contribution in [3.63, 3.8) is 0 Å². The highest BCUT2D eigenvalue weighted by atomic mass is 32.1. The van der Waals surface area contributed by atoms with Crippen LogP contribution < -0.4 is 4.74 Å². The van der Waals surface area contributed by atoms with Gasteiger partial charge in [0.2, 0.25) is 0 Å². The molecule has 1 aromatic heterocycles. The molecule has 0 fully saturated rings. The Labute approximate surface area is 69.8 Å². The number of Topliss-reactive ketones (excluding diaryl/α,β-unsaturated/α-hetero) is 1. The molecule has 3 heteroatoms. The van der Waals surface area contributed by atoms with Gasteiger partial charge in [-0.15, -0.1) is 11.3 Å². The van der Waals surface area contributed by atoms with E-state index in [1.807, 2.05) is 6.92 Å². The molecule has 0 saturated carbocycles. The van der Waals surface area contributed by atoms with Crippen LogP contribution in [-0.2, 0) is 0 Å². The van der Waals surface area contributed by atoms with Crippen LogP contribution in [0, 0.1) is 6.92 Å². The van der Waals surface area contributed by atoms with Crippen LogP contribution in [-0.4, -0.2) is 12.9 Å². The molecule has 0 aliphatic rings. The van der Waals surface area contributed by atoms with Crippen LogP contribution in [0.25, 0.3) is 0 Å². The Morgan fingerprint density at radius 1 is 1.64 bits per heavy atom. The van der Waals surface area contributed by atoms with Crippen LogP contribution in [0.2, 0.25) is 0 Å². The number of aryl methyl sites for hydroxylation is 1. The third-order valence-electron chi connectivity index (χ3n) is 1.44. The first-order valence-electron chi connectivity index (χ1n) is 3.30. The molecule has 0 N–H and O–H groups in total. The summed E-state index contributed by atoms with van der Waals surface area (Å²) in [6.45, 7) is 3.50. The molecule has 0 spiro atoms. The van der Waals surface area contributed by atoms with E-state index in [1.54, 1.807) is 20.1 Å². The maximum atomic E-state index is 10.9. The molecular weight excluding hydrogens is 160 g/mol. The lowest BCUT2D eigenvalue weighted by molar-refractivity contribution is 0.102. The van der Waals surface area contributed by atoms with E-state index < -0.39 is 0 Å². The van der Waals surface area contributed by atoms with Gasteiger partial charge in [0.25, 0.3) is 0 Å². The van der Waals surface area contributed by atoms with Crippen molar-refractivity contribution in [1.29, 1.82) is 0 Å². The monoisotopic (exact) mass is 170 g/mol. The third-order valence-corrected chi connectivity index (χ3v) is 2.57. The van der Waals surface area contributed by atoms with Gasteiger partial charge in [0.15, 0.2) is 5.78 Å². The van der Waals surface area contributed by atoms with E-state index in [-0.39, 0.29) is 5.78 Å². The fraction of sp³-hybridized carbons (Fsp3) is 0.375. The highest BCUT2D eigenvalue weighted by molar-refractivity contribution is 7.14. The predicted molar refractivity (Wildman–Crippen MR) is 45.6 cm³/mol. The number of ketones is 1. The lowest BCUT2D eigenvalue weighted by atomic mass is 10.3. The van der Waals surface area contributed by atoms with Crippen LogP contribution in [0.4, 0.5) is 0 Å². The number of hydrogen-bond donors (Lipinski definition) is 0. The summed E-state index contributed by atoms with van der Waals surface area (Å²) >= 11 is 1.47. The normalized spacial score (nSPS) is 9.73. The number of carbonyl (C=O) groups is 1. The van der Waals surface area contributed by atoms with Gasteiger partial charge in [-0.25, -0.2) is 0 Å². The Kier molecular flexibility index (Phi) is 2.29. The van der Waals surface area contributed by atoms with Crippen molar-refractivity contribution in [3.8, 4) is 5.75 Å². The predicted octanol–water partition coefficient (Wildman–Crippen LogP) is 2.27. The zero-order chi connectivity index (χ0) is 8.43. The van der Waals surface area contributed by atoms with Gasteiger partial charge in [0.1, 0.15) is 5.75 Å². The van der Waals surface area contributed by atoms with Gasteiger partial charge in [-0.05, 0) is 13.8 Å². The molecule has 1 heterocycles. The number of ether oxygens (including phenoxy) is 1. The molecule has 0 bridgehead atoms. The molecule has 0 aliphatic carbocycles. The smallest absolute Gasteiger partial charge is 0.169 e. The largest absolute Gasteiger partial charge is 0.496 e. The zero-order valence-corrected chi connectivity index (χ0v) is 7.62. The summed E-state index contributed by atoms with van der Waals surface area (Å²) in [4.78, 5) is 12.7. The number of rotatable bonds is 2. The first-order valence-corrected chi connectivity index (χ1v) is 4.12. The van der Waals surface area contributed by atoms with Gasteiger partial charge in [-0.1, -0.05) is 0 Å². The van der Waals surface area contributed by atoms with Gasteiger partial charge >= 0.3 is 0 Å². The molecule has 0 radical (unpaired) electrons. The molecule has 11 heavy (non-hydrogen) atoms. The Bertz CT molecular complexity index is 276. The zero-order valence-electron chi connectivity index (χ0n) is 6.80. The molecule has 0 atom stereocenters. The standard InChI is InChI=1S/C8H10O2S/c1-5(9)8-4-7(10-3)6(2)11-8/h4H,1-3H3. The van der Waals surface area contributed by atoms with Crippen molar-refractivity contribution in [3.05, 3.63) is 15.8 Å². The Morgan fingerprint density at radius 2 is 2.27 bits per heavy atom. The summed E-state index contributed by atoms with van der Waals surface area (Å²) in [7, 11) is 1.61. The Morgan fingerprint density at radius 3 is 2.55 bits per heavy atom. The summed E-state index contributed by atoms with van der Waals surface area (Å²) < 4.78 is 5.03. The molecule has 0 unspecified atom stereocenters. The van der Waals surface area contributed by atoms with Crippen LogP contribution in [0.3, 0.4) is 0 Å². The average Bonchev–Trinajstić information content (AvgIpc) is 2.31. The summed E-state index contributed by atoms with van der Waals surface area (Å²) in [5, 5.41) is 0. The van der Waals surface area contributed by atoms with Crippen molar-refractivity contribution in [2.75, 3.05) is 7.11 Å². The van der Waals surface area contributed by atoms with E-state index in [0.717, 1.165) is 15.5 Å². The highest BCUT2D eigenvalue weighted by Crippen LogP contribution is 2.27. The number of hydrogen-bond acceptors (Lipinski definition) is 3. The second-order valence-electron chi connectivity index (χ2n) is 2.29. The maximum Gasteiger partial charge on any atom is 0.169 e. The number of methoxy groups -OCH3 is 1. The average molecular weight is 170 g/mol. The Hall–Kier alpha value is -0.830. The van der Waals surface area contributed by atoms with E-state index in [4.69, 9.17) is 4.74 Å². The van der Waals surface area contributed by atoms with E-state index >= 15 is 0 Å². The Balaban J connectivity index is 3.05. The molecule has 0 aliphatic heterocycles. The minimum Gasteiger partial charge on any atom is -0.496 e. The minimum atomic E-state index is 0.0985. The van der Waals surface area contributed by atoms with E-state index in [0.29, 0.717) is 0 Å². The SMILES string of the molecule is COc1cc(C(C)=O)sc1C. The van der Waals surface area contributed by atoms with Gasteiger partial charge in [-0.2, -0.15) is 0 Å². The van der Waals surface area contributed by atoms with Crippen molar-refractivity contribution in [1.82, 2.24) is 0 Å². The molecular formula is C8H10O2S. The molecule has 1 aromatic rings. The molecule has 2 nitrogen and oxygen atoms in total. The van der Waals surface area contributed by atoms with Crippen LogP contribution >= 0.6 is 11.3 Å². The highest BCUT2D eigenvalue weighted by Gasteiger charge is 2.07. The molecule has 0 aromatic carbocycles. The molecule has 1 rings (SSSR count). The second kappa shape index (κ2) is 3.05. The first kappa shape index (κ1) is 8.27. The minimum absolute atomic E-state index is 0.0985. The molecule has 0 saturated heterocycles. The summed E-state index contributed by atoms with van der Waals surface area (Å²) in [5.74, 6) is 0.904. The van der Waals surface area contributed by atoms with E-state index in [1.165, 1.54) is 11.3 Å². The van der Waals surface area contributed by atoms with Gasteiger partial charge in [0.05, 0.1) is 12.0 Å². The lowest BCUT2D eigenvalue weighted by Gasteiger charge is -1.92. The van der Waals surface area contributed by atoms with Crippen LogP contribution in [0.15, 0.2) is 6.07 Å². The van der Waals surface area contributed by atoms with Gasteiger partial charge in [0, 0.05) is 10.9 Å². The summed E-state index contributed by atoms with van der Waals surface area (Å²) in [6.07, 6.45) is 0. The van der Waals surface area contributed by atoms with Gasteiger partial charge in [-0.3, -0.25) is 4.79 Å². The number of thiophene rings is 1. The van der Waals surface area contributed by atoms with Crippen molar-refractivity contribution in [2.45, 2.75) is 13.8 Å². The van der Waals surface area contributed by atoms with Crippen LogP contribution in [0.5, 0.6) is 5.75 Å². The van der Waals surface area contributed by atoms with Crippen molar-refractivity contribution >= 4 is 17.1 Å². The van der Waals surface area contributed by atoms with Gasteiger partial charge < -0.3 is 4.74 Å². The quantitative estimate of drug-likeness (QED) is 0.636. The fourth-order valence-corrected chi connectivity index (χ4v) is 1.72. The van der Waals surface area contributed by atoms with Crippen molar-refractivity contribution < 1.29 is 9.53 Å². The molecule has 0 amide bonds. The van der Waals surface area contributed by atoms with E-state index in [9.17, 15) is 4.79 Å². The summed E-state index contributed by atoms with van der Waals surface area (Å²) in [6, 6.07) is 1.78. The number of carbonyl (C=O) groups excluding carboxylic acids is 1. The summed E-state index contributed by atoms with van der Waals surface area (Å²) in [5.41, 5.74) is 0. The lowest BCUT2D eigenvalue weighted by Crippen LogP contribution is -1.84. The third kappa shape index (κ3) is 1.60. The van der Waals surface area contributed by atoms with E-state index in [2.05, 4.69) is 0 Å². The molecule has 60 valence electrons. The first-order chi connectivity index (χ1) is 5.15.